The molecule has 4 aromatic rings. The van der Waals surface area contributed by atoms with Crippen molar-refractivity contribution < 1.29 is 9.90 Å². The molecule has 0 unspecified atom stereocenters. The highest BCUT2D eigenvalue weighted by Crippen LogP contribution is 2.35. The Bertz CT molecular complexity index is 1310. The largest absolute Gasteiger partial charge is 0.478 e. The van der Waals surface area contributed by atoms with Gasteiger partial charge in [0.1, 0.15) is 5.82 Å². The van der Waals surface area contributed by atoms with E-state index in [1.807, 2.05) is 18.2 Å². The first-order valence-electron chi connectivity index (χ1n) is 8.95. The van der Waals surface area contributed by atoms with Crippen LogP contribution in [0.15, 0.2) is 65.8 Å². The highest BCUT2D eigenvalue weighted by atomic mass is 32.1. The molecule has 0 bridgehead atoms. The summed E-state index contributed by atoms with van der Waals surface area (Å²) in [6, 6.07) is 14.2. The average Bonchev–Trinajstić information content (AvgIpc) is 2.76. The van der Waals surface area contributed by atoms with Gasteiger partial charge in [-0.1, -0.05) is 18.2 Å². The molecule has 0 spiro atoms. The van der Waals surface area contributed by atoms with Crippen molar-refractivity contribution in [2.75, 3.05) is 11.1 Å². The molecule has 8 heteroatoms. The third-order valence-corrected chi connectivity index (χ3v) is 5.04. The van der Waals surface area contributed by atoms with Crippen molar-refractivity contribution in [2.24, 2.45) is 0 Å². The van der Waals surface area contributed by atoms with Crippen molar-refractivity contribution in [2.45, 2.75) is 4.90 Å². The predicted molar refractivity (Wildman–Crippen MR) is 121 cm³/mol. The summed E-state index contributed by atoms with van der Waals surface area (Å²) in [6.07, 6.45) is 4.43. The number of nitrogens with zero attached hydrogens (tertiary/aromatic N) is 2. The molecule has 0 saturated carbocycles. The standard InChI is InChI=1S/C22H17N5O2S/c23-9-13-7-14(10-26-21(13)24)12-5-6-17-16(8-12)20(19(30)11-25-17)27-18-4-2-1-3-15(18)22(28)29/h1-11,23,30H,(H2,24,26)(H,25,27)(H,28,29). The molecule has 4 rings (SSSR count). The van der Waals surface area contributed by atoms with Gasteiger partial charge < -0.3 is 21.6 Å². The van der Waals surface area contributed by atoms with Crippen molar-refractivity contribution in [3.63, 3.8) is 0 Å². The van der Waals surface area contributed by atoms with Crippen LogP contribution in [0.5, 0.6) is 0 Å². The highest BCUT2D eigenvalue weighted by molar-refractivity contribution is 7.80. The van der Waals surface area contributed by atoms with Crippen LogP contribution >= 0.6 is 12.6 Å². The molecule has 0 aliphatic carbocycles. The topological polar surface area (TPSA) is 125 Å². The fourth-order valence-electron chi connectivity index (χ4n) is 3.17. The Morgan fingerprint density at radius 3 is 2.67 bits per heavy atom. The van der Waals surface area contributed by atoms with Crippen molar-refractivity contribution in [1.82, 2.24) is 9.97 Å². The molecule has 0 amide bonds. The second kappa shape index (κ2) is 7.84. The molecule has 0 aliphatic rings. The Balaban J connectivity index is 1.87. The molecule has 2 aromatic carbocycles. The summed E-state index contributed by atoms with van der Waals surface area (Å²) in [7, 11) is 0. The molecule has 0 fully saturated rings. The number of thiol groups is 1. The van der Waals surface area contributed by atoms with E-state index >= 15 is 0 Å². The van der Waals surface area contributed by atoms with Crippen LogP contribution < -0.4 is 11.1 Å². The summed E-state index contributed by atoms with van der Waals surface area (Å²) in [4.78, 5) is 20.7. The lowest BCUT2D eigenvalue weighted by molar-refractivity contribution is 0.0698. The Labute approximate surface area is 177 Å². The van der Waals surface area contributed by atoms with Gasteiger partial charge in [-0.3, -0.25) is 4.98 Å². The Morgan fingerprint density at radius 1 is 1.10 bits per heavy atom. The zero-order chi connectivity index (χ0) is 21.3. The molecular formula is C22H17N5O2S. The van der Waals surface area contributed by atoms with Crippen LogP contribution in [-0.4, -0.2) is 27.3 Å². The van der Waals surface area contributed by atoms with Crippen LogP contribution in [-0.2, 0) is 0 Å². The molecule has 148 valence electrons. The SMILES string of the molecule is N=Cc1cc(-c2ccc3ncc(S)c(Nc4ccccc4C(=O)O)c3c2)cnc1N. The molecule has 2 heterocycles. The number of pyridine rings is 2. The normalized spacial score (nSPS) is 10.7. The number of aromatic carboxylic acids is 1. The van der Waals surface area contributed by atoms with Gasteiger partial charge in [-0.25, -0.2) is 9.78 Å². The second-order valence-corrected chi connectivity index (χ2v) is 7.05. The first kappa shape index (κ1) is 19.4. The minimum absolute atomic E-state index is 0.157. The first-order valence-corrected chi connectivity index (χ1v) is 9.40. The number of carboxylic acids is 1. The summed E-state index contributed by atoms with van der Waals surface area (Å²) >= 11 is 4.53. The third-order valence-electron chi connectivity index (χ3n) is 4.70. The Hall–Kier alpha value is -3.91. The zero-order valence-corrected chi connectivity index (χ0v) is 16.5. The van der Waals surface area contributed by atoms with Gasteiger partial charge in [-0.15, -0.1) is 12.6 Å². The first-order chi connectivity index (χ1) is 14.5. The van der Waals surface area contributed by atoms with E-state index in [0.29, 0.717) is 27.7 Å². The van der Waals surface area contributed by atoms with Gasteiger partial charge in [0.25, 0.3) is 0 Å². The predicted octanol–water partition coefficient (Wildman–Crippen LogP) is 4.61. The van der Waals surface area contributed by atoms with Gasteiger partial charge in [-0.05, 0) is 35.9 Å². The maximum Gasteiger partial charge on any atom is 0.337 e. The monoisotopic (exact) mass is 415 g/mol. The van der Waals surface area contributed by atoms with Gasteiger partial charge in [0.2, 0.25) is 0 Å². The number of carboxylic acid groups (broad SMARTS) is 1. The van der Waals surface area contributed by atoms with Crippen LogP contribution in [0.3, 0.4) is 0 Å². The van der Waals surface area contributed by atoms with Crippen molar-refractivity contribution in [3.8, 4) is 11.1 Å². The molecule has 7 nitrogen and oxygen atoms in total. The van der Waals surface area contributed by atoms with Gasteiger partial charge in [0, 0.05) is 40.0 Å². The molecule has 30 heavy (non-hydrogen) atoms. The number of carbonyl (C=O) groups is 1. The fourth-order valence-corrected chi connectivity index (χ4v) is 3.41. The summed E-state index contributed by atoms with van der Waals surface area (Å²) in [6.45, 7) is 0. The maximum atomic E-state index is 11.6. The number of benzene rings is 2. The molecule has 2 aromatic heterocycles. The maximum absolute atomic E-state index is 11.6. The summed E-state index contributed by atoms with van der Waals surface area (Å²) in [5.74, 6) is -0.730. The number of hydrogen-bond donors (Lipinski definition) is 5. The van der Waals surface area contributed by atoms with Crippen LogP contribution in [0.25, 0.3) is 22.0 Å². The minimum atomic E-state index is -1.02. The van der Waals surface area contributed by atoms with E-state index in [1.54, 1.807) is 36.7 Å². The van der Waals surface area contributed by atoms with E-state index in [0.717, 1.165) is 28.2 Å². The molecule has 5 N–H and O–H groups in total. The number of anilines is 3. The van der Waals surface area contributed by atoms with E-state index in [1.165, 1.54) is 6.07 Å². The average molecular weight is 415 g/mol. The number of hydrogen-bond acceptors (Lipinski definition) is 7. The van der Waals surface area contributed by atoms with Crippen LogP contribution in [0.1, 0.15) is 15.9 Å². The quantitative estimate of drug-likeness (QED) is 0.239. The van der Waals surface area contributed by atoms with Crippen LogP contribution in [0.2, 0.25) is 0 Å². The lowest BCUT2D eigenvalue weighted by Gasteiger charge is -2.15. The number of rotatable bonds is 5. The van der Waals surface area contributed by atoms with E-state index in [-0.39, 0.29) is 5.56 Å². The lowest BCUT2D eigenvalue weighted by Crippen LogP contribution is -2.03. The van der Waals surface area contributed by atoms with Crippen molar-refractivity contribution >= 4 is 52.9 Å². The van der Waals surface area contributed by atoms with Crippen LogP contribution in [0, 0.1) is 5.41 Å². The minimum Gasteiger partial charge on any atom is -0.478 e. The van der Waals surface area contributed by atoms with Crippen molar-refractivity contribution in [1.29, 1.82) is 5.41 Å². The summed E-state index contributed by atoms with van der Waals surface area (Å²) in [5.41, 5.74) is 9.97. The molecule has 0 saturated heterocycles. The third kappa shape index (κ3) is 3.56. The van der Waals surface area contributed by atoms with Crippen LogP contribution in [0.4, 0.5) is 17.2 Å². The molecule has 0 atom stereocenters. The van der Waals surface area contributed by atoms with E-state index in [2.05, 4.69) is 27.9 Å². The van der Waals surface area contributed by atoms with Crippen molar-refractivity contribution in [3.05, 3.63) is 72.1 Å². The van der Waals surface area contributed by atoms with Gasteiger partial charge in [-0.2, -0.15) is 0 Å². The molecule has 0 radical (unpaired) electrons. The molecular weight excluding hydrogens is 398 g/mol. The highest BCUT2D eigenvalue weighted by Gasteiger charge is 2.14. The van der Waals surface area contributed by atoms with Gasteiger partial charge in [0.15, 0.2) is 0 Å². The second-order valence-electron chi connectivity index (χ2n) is 6.57. The smallest absolute Gasteiger partial charge is 0.337 e. The Kier molecular flexibility index (Phi) is 5.07. The number of nitrogens with two attached hydrogens (primary N) is 1. The number of aromatic nitrogens is 2. The van der Waals surface area contributed by atoms with Gasteiger partial charge >= 0.3 is 5.97 Å². The Morgan fingerprint density at radius 2 is 1.90 bits per heavy atom. The number of para-hydroxylation sites is 1. The van der Waals surface area contributed by atoms with E-state index in [9.17, 15) is 9.90 Å². The van der Waals surface area contributed by atoms with Gasteiger partial charge in [0.05, 0.1) is 22.5 Å². The summed E-state index contributed by atoms with van der Waals surface area (Å²) in [5, 5.41) is 21.0. The van der Waals surface area contributed by atoms with E-state index in [4.69, 9.17) is 11.1 Å². The zero-order valence-electron chi connectivity index (χ0n) is 15.6. The fraction of sp³-hybridized carbons (Fsp3) is 0. The number of fused-ring (bicyclic) bond motifs is 1. The molecule has 0 aliphatic heterocycles. The lowest BCUT2D eigenvalue weighted by atomic mass is 10.0. The van der Waals surface area contributed by atoms with E-state index < -0.39 is 5.97 Å². The summed E-state index contributed by atoms with van der Waals surface area (Å²) < 4.78 is 0. The number of nitrogen functional groups attached to an aromatic ring is 1. The number of nitrogens with one attached hydrogen (secondary N) is 2.